The zero-order valence-electron chi connectivity index (χ0n) is 23.5. The fourth-order valence-corrected chi connectivity index (χ4v) is 5.93. The van der Waals surface area contributed by atoms with Gasteiger partial charge in [-0.25, -0.2) is 4.52 Å². The molecule has 0 saturated carbocycles. The lowest BCUT2D eigenvalue weighted by Crippen LogP contribution is -2.72. The molecule has 3 aromatic heterocycles. The molecular weight excluding hydrogens is 500 g/mol. The number of allylic oxidation sites excluding steroid dienone is 1. The Bertz CT molecular complexity index is 1510. The molecule has 0 radical (unpaired) electrons. The minimum absolute atomic E-state index is 0.0900. The smallest absolute Gasteiger partial charge is 0.179 e. The summed E-state index contributed by atoms with van der Waals surface area (Å²) in [5.41, 5.74) is 11.5. The number of hydrogen-bond acceptors (Lipinski definition) is 9. The molecule has 0 unspecified atom stereocenters. The minimum atomic E-state index is -0.118. The molecule has 10 nitrogen and oxygen atoms in total. The van der Waals surface area contributed by atoms with Gasteiger partial charge in [-0.15, -0.1) is 0 Å². The van der Waals surface area contributed by atoms with Crippen molar-refractivity contribution in [3.63, 3.8) is 0 Å². The summed E-state index contributed by atoms with van der Waals surface area (Å²) in [6.07, 6.45) is 11.1. The molecule has 10 heteroatoms. The summed E-state index contributed by atoms with van der Waals surface area (Å²) in [4.78, 5) is 13.9. The van der Waals surface area contributed by atoms with Crippen LogP contribution in [0.1, 0.15) is 63.4 Å². The molecule has 5 heterocycles. The first-order valence-corrected chi connectivity index (χ1v) is 13.7. The maximum Gasteiger partial charge on any atom is 0.179 e. The van der Waals surface area contributed by atoms with Crippen molar-refractivity contribution in [2.45, 2.75) is 64.2 Å². The van der Waals surface area contributed by atoms with Crippen molar-refractivity contribution < 1.29 is 0 Å². The molecule has 3 N–H and O–H groups in total. The highest BCUT2D eigenvalue weighted by molar-refractivity contribution is 6.22. The number of nitrogens with one attached hydrogen (secondary N) is 1. The molecule has 0 aromatic carbocycles. The van der Waals surface area contributed by atoms with Gasteiger partial charge in [-0.05, 0) is 58.7 Å². The van der Waals surface area contributed by atoms with E-state index >= 15 is 0 Å². The first-order chi connectivity index (χ1) is 19.3. The predicted octanol–water partition coefficient (Wildman–Crippen LogP) is 3.94. The van der Waals surface area contributed by atoms with Crippen LogP contribution in [0.3, 0.4) is 0 Å². The molecule has 0 spiro atoms. The van der Waals surface area contributed by atoms with E-state index in [1.54, 1.807) is 23.1 Å². The van der Waals surface area contributed by atoms with Crippen LogP contribution in [0.15, 0.2) is 54.0 Å². The second-order valence-corrected chi connectivity index (χ2v) is 11.2. The zero-order valence-corrected chi connectivity index (χ0v) is 23.5. The zero-order chi connectivity index (χ0) is 28.4. The van der Waals surface area contributed by atoms with Crippen molar-refractivity contribution >= 4 is 22.5 Å². The Morgan fingerprint density at radius 3 is 2.67 bits per heavy atom. The van der Waals surface area contributed by atoms with Crippen molar-refractivity contribution in [1.82, 2.24) is 24.4 Å². The van der Waals surface area contributed by atoms with Crippen molar-refractivity contribution in [2.24, 2.45) is 10.7 Å². The van der Waals surface area contributed by atoms with E-state index < -0.39 is 0 Å². The first-order valence-electron chi connectivity index (χ1n) is 13.7. The minimum Gasteiger partial charge on any atom is -0.404 e. The van der Waals surface area contributed by atoms with Gasteiger partial charge in [0.15, 0.2) is 6.19 Å². The van der Waals surface area contributed by atoms with Crippen LogP contribution < -0.4 is 11.1 Å². The van der Waals surface area contributed by atoms with E-state index in [2.05, 4.69) is 46.4 Å². The largest absolute Gasteiger partial charge is 0.404 e. The number of nitriles is 2. The third-order valence-electron chi connectivity index (χ3n) is 8.41. The molecule has 2 aliphatic rings. The third kappa shape index (κ3) is 4.99. The van der Waals surface area contributed by atoms with Crippen molar-refractivity contribution in [3.05, 3.63) is 65.9 Å². The summed E-state index contributed by atoms with van der Waals surface area (Å²) in [6.45, 7) is 11.1. The van der Waals surface area contributed by atoms with Gasteiger partial charge in [0, 0.05) is 55.1 Å². The Morgan fingerprint density at radius 2 is 2.05 bits per heavy atom. The average molecular weight is 537 g/mol. The van der Waals surface area contributed by atoms with Gasteiger partial charge in [-0.1, -0.05) is 6.07 Å². The molecule has 40 heavy (non-hydrogen) atoms. The van der Waals surface area contributed by atoms with Gasteiger partial charge in [0.1, 0.15) is 11.6 Å². The van der Waals surface area contributed by atoms with E-state index in [0.717, 1.165) is 60.7 Å². The normalized spacial score (nSPS) is 20.9. The quantitative estimate of drug-likeness (QED) is 0.342. The number of pyridine rings is 2. The topological polar surface area (TPSA) is 135 Å². The molecule has 206 valence electrons. The van der Waals surface area contributed by atoms with Crippen LogP contribution in [0.25, 0.3) is 11.1 Å². The molecule has 3 aromatic rings. The number of nitrogens with two attached hydrogens (primary N) is 1. The van der Waals surface area contributed by atoms with Gasteiger partial charge in [-0.2, -0.15) is 15.6 Å². The van der Waals surface area contributed by atoms with E-state index in [1.165, 1.54) is 0 Å². The van der Waals surface area contributed by atoms with E-state index in [1.807, 2.05) is 49.2 Å². The highest BCUT2D eigenvalue weighted by atomic mass is 15.4. The first kappa shape index (κ1) is 27.2. The lowest BCUT2D eigenvalue weighted by atomic mass is 9.81. The fourth-order valence-electron chi connectivity index (χ4n) is 5.93. The number of aliphatic imine (C=N–C) groups is 1. The van der Waals surface area contributed by atoms with Crippen LogP contribution >= 0.6 is 0 Å². The number of rotatable bonds is 7. The van der Waals surface area contributed by atoms with Crippen LogP contribution in [0.5, 0.6) is 0 Å². The third-order valence-corrected chi connectivity index (χ3v) is 8.41. The van der Waals surface area contributed by atoms with Gasteiger partial charge >= 0.3 is 0 Å². The highest BCUT2D eigenvalue weighted by Crippen LogP contribution is 2.35. The van der Waals surface area contributed by atoms with E-state index in [0.29, 0.717) is 17.1 Å². The highest BCUT2D eigenvalue weighted by Gasteiger charge is 2.49. The molecule has 2 saturated heterocycles. The summed E-state index contributed by atoms with van der Waals surface area (Å²) in [6, 6.07) is 10.6. The summed E-state index contributed by atoms with van der Waals surface area (Å²) in [5.74, 6) is 0. The van der Waals surface area contributed by atoms with Gasteiger partial charge in [0.2, 0.25) is 0 Å². The molecule has 0 bridgehead atoms. The standard InChI is InChI=1S/C30H36N10/c1-20(36-24-8-11-38(12-9-24)28-18-39(19-33)30(28,3)4)25(15-32)22-13-27(29-23(14-31)16-35-40(29)17-22)37-21(2)26-7-5-6-10-34-26/h5-7,10,13,15-17,21,24,28,37H,8-9,11-12,18,32H2,1-4H3/b25-15+,36-20?/t21-,28+/m1/s1. The van der Waals surface area contributed by atoms with Gasteiger partial charge in [0.05, 0.1) is 46.8 Å². The Balaban J connectivity index is 1.36. The molecule has 0 amide bonds. The Morgan fingerprint density at radius 1 is 1.27 bits per heavy atom. The molecule has 2 atom stereocenters. The van der Waals surface area contributed by atoms with Crippen molar-refractivity contribution in [2.75, 3.05) is 25.0 Å². The monoisotopic (exact) mass is 536 g/mol. The Kier molecular flexibility index (Phi) is 7.46. The van der Waals surface area contributed by atoms with Crippen LogP contribution in [0.4, 0.5) is 5.69 Å². The van der Waals surface area contributed by atoms with Crippen LogP contribution in [0, 0.1) is 22.8 Å². The molecular formula is C30H36N10. The van der Waals surface area contributed by atoms with Crippen LogP contribution in [-0.2, 0) is 0 Å². The van der Waals surface area contributed by atoms with Crippen LogP contribution in [0.2, 0.25) is 0 Å². The maximum atomic E-state index is 9.71. The summed E-state index contributed by atoms with van der Waals surface area (Å²) in [7, 11) is 0. The second-order valence-electron chi connectivity index (χ2n) is 11.2. The maximum absolute atomic E-state index is 9.71. The van der Waals surface area contributed by atoms with Gasteiger partial charge in [-0.3, -0.25) is 14.9 Å². The predicted molar refractivity (Wildman–Crippen MR) is 156 cm³/mol. The molecule has 5 rings (SSSR count). The van der Waals surface area contributed by atoms with Crippen molar-refractivity contribution in [3.8, 4) is 12.3 Å². The van der Waals surface area contributed by atoms with E-state index in [4.69, 9.17) is 10.7 Å². The Labute approximate surface area is 235 Å². The second kappa shape index (κ2) is 11.0. The van der Waals surface area contributed by atoms with Crippen molar-refractivity contribution in [1.29, 1.82) is 10.5 Å². The number of fused-ring (bicyclic) bond motifs is 1. The number of anilines is 1. The Hall–Kier alpha value is -4.41. The summed E-state index contributed by atoms with van der Waals surface area (Å²) >= 11 is 0. The molecule has 2 aliphatic heterocycles. The van der Waals surface area contributed by atoms with E-state index in [9.17, 15) is 10.5 Å². The molecule has 2 fully saturated rings. The van der Waals surface area contributed by atoms with Gasteiger partial charge < -0.3 is 16.0 Å². The number of hydrogen-bond donors (Lipinski definition) is 2. The number of likely N-dealkylation sites (tertiary alicyclic amines) is 2. The lowest BCUT2D eigenvalue weighted by molar-refractivity contribution is -0.0570. The average Bonchev–Trinajstić information content (AvgIpc) is 3.38. The van der Waals surface area contributed by atoms with Gasteiger partial charge in [0.25, 0.3) is 0 Å². The van der Waals surface area contributed by atoms with Crippen LogP contribution in [-0.4, -0.2) is 67.4 Å². The summed E-state index contributed by atoms with van der Waals surface area (Å²) < 4.78 is 1.72. The van der Waals surface area contributed by atoms with E-state index in [-0.39, 0.29) is 17.6 Å². The number of aromatic nitrogens is 3. The fraction of sp³-hybridized carbons (Fsp3) is 0.433. The lowest BCUT2D eigenvalue weighted by Gasteiger charge is -2.57. The number of piperidine rings is 1. The SMILES string of the molecule is CC(=NC1CCN([C@H]2CN(C#N)C2(C)C)CC1)/C(=C\N)c1cc(N[C@H](C)c2ccccn2)c2c(C#N)cnn2c1. The summed E-state index contributed by atoms with van der Waals surface area (Å²) in [5, 5.41) is 27.0. The molecule has 0 aliphatic carbocycles. The number of nitrogens with zero attached hydrogens (tertiary/aromatic N) is 8.